The third-order valence-electron chi connectivity index (χ3n) is 8.33. The lowest BCUT2D eigenvalue weighted by atomic mass is 9.95. The van der Waals surface area contributed by atoms with Crippen molar-refractivity contribution in [2.75, 3.05) is 31.1 Å². The highest BCUT2D eigenvalue weighted by Gasteiger charge is 2.35. The van der Waals surface area contributed by atoms with Crippen LogP contribution in [0, 0.1) is 6.92 Å². The molecule has 39 heavy (non-hydrogen) atoms. The molecular weight excluding hydrogens is 508 g/mol. The zero-order valence-corrected chi connectivity index (χ0v) is 22.9. The van der Waals surface area contributed by atoms with E-state index >= 15 is 0 Å². The van der Waals surface area contributed by atoms with E-state index < -0.39 is 0 Å². The van der Waals surface area contributed by atoms with Gasteiger partial charge in [-0.15, -0.1) is 5.10 Å². The van der Waals surface area contributed by atoms with Crippen molar-refractivity contribution in [2.24, 2.45) is 0 Å². The van der Waals surface area contributed by atoms with Gasteiger partial charge in [0.05, 0.1) is 21.8 Å². The lowest BCUT2D eigenvalue weighted by Crippen LogP contribution is -2.49. The molecule has 1 atom stereocenters. The first-order valence-electron chi connectivity index (χ1n) is 13.9. The van der Waals surface area contributed by atoms with Crippen molar-refractivity contribution >= 4 is 37.6 Å². The molecule has 0 spiro atoms. The number of fused-ring (bicyclic) bond motifs is 2. The number of aromatic amines is 1. The molecule has 200 valence electrons. The van der Waals surface area contributed by atoms with Crippen LogP contribution >= 0.6 is 11.3 Å². The van der Waals surface area contributed by atoms with Gasteiger partial charge in [-0.05, 0) is 59.3 Å². The van der Waals surface area contributed by atoms with Gasteiger partial charge in [-0.25, -0.2) is 9.67 Å². The van der Waals surface area contributed by atoms with E-state index in [0.29, 0.717) is 5.56 Å². The molecule has 4 heterocycles. The van der Waals surface area contributed by atoms with Gasteiger partial charge in [-0.3, -0.25) is 9.69 Å². The quantitative estimate of drug-likeness (QED) is 0.340. The summed E-state index contributed by atoms with van der Waals surface area (Å²) in [7, 11) is 0. The van der Waals surface area contributed by atoms with Crippen molar-refractivity contribution in [3.8, 4) is 0 Å². The highest BCUT2D eigenvalue weighted by molar-refractivity contribution is 7.22. The summed E-state index contributed by atoms with van der Waals surface area (Å²) in [5.74, 6) is 0.771. The maximum atomic E-state index is 13.7. The molecule has 1 aliphatic carbocycles. The number of para-hydroxylation sites is 2. The van der Waals surface area contributed by atoms with Crippen molar-refractivity contribution in [2.45, 2.75) is 51.1 Å². The number of H-pyrrole nitrogens is 1. The number of tetrazole rings is 1. The Bertz CT molecular complexity index is 1640. The molecule has 9 nitrogen and oxygen atoms in total. The van der Waals surface area contributed by atoms with Crippen LogP contribution in [0.5, 0.6) is 0 Å². The number of thiazole rings is 1. The fourth-order valence-corrected chi connectivity index (χ4v) is 7.25. The van der Waals surface area contributed by atoms with E-state index in [2.05, 4.69) is 54.6 Å². The van der Waals surface area contributed by atoms with Crippen LogP contribution in [-0.4, -0.2) is 61.3 Å². The molecule has 0 amide bonds. The van der Waals surface area contributed by atoms with Crippen LogP contribution in [0.1, 0.15) is 61.1 Å². The Balaban J connectivity index is 1.25. The normalized spacial score (nSPS) is 18.2. The largest absolute Gasteiger partial charge is 0.345 e. The molecule has 2 aromatic carbocycles. The number of piperazine rings is 1. The molecule has 0 radical (unpaired) electrons. The van der Waals surface area contributed by atoms with Crippen LogP contribution in [0.2, 0.25) is 0 Å². The summed E-state index contributed by atoms with van der Waals surface area (Å²) in [5.41, 5.74) is 3.62. The number of nitrogens with one attached hydrogen (secondary N) is 1. The van der Waals surface area contributed by atoms with Gasteiger partial charge in [-0.2, -0.15) is 0 Å². The first-order chi connectivity index (χ1) is 19.2. The van der Waals surface area contributed by atoms with Gasteiger partial charge in [-0.1, -0.05) is 60.9 Å². The molecule has 1 N–H and O–H groups in total. The molecule has 1 unspecified atom stereocenters. The van der Waals surface area contributed by atoms with Gasteiger partial charge in [0.25, 0.3) is 5.56 Å². The third-order valence-corrected chi connectivity index (χ3v) is 9.42. The van der Waals surface area contributed by atoms with Crippen LogP contribution in [0.3, 0.4) is 0 Å². The highest BCUT2D eigenvalue weighted by Crippen LogP contribution is 2.35. The van der Waals surface area contributed by atoms with Crippen molar-refractivity contribution in [1.29, 1.82) is 0 Å². The number of nitrogens with zero attached hydrogens (tertiary/aromatic N) is 7. The summed E-state index contributed by atoms with van der Waals surface area (Å²) in [6, 6.07) is 16.4. The first kappa shape index (κ1) is 24.4. The van der Waals surface area contributed by atoms with Gasteiger partial charge >= 0.3 is 0 Å². The Morgan fingerprint density at radius 2 is 1.82 bits per heavy atom. The number of anilines is 1. The monoisotopic (exact) mass is 540 g/mol. The Morgan fingerprint density at radius 3 is 2.64 bits per heavy atom. The van der Waals surface area contributed by atoms with E-state index in [4.69, 9.17) is 4.98 Å². The van der Waals surface area contributed by atoms with Gasteiger partial charge < -0.3 is 9.88 Å². The molecule has 3 aromatic heterocycles. The molecular formula is C29H32N8OS. The van der Waals surface area contributed by atoms with Crippen molar-refractivity contribution in [1.82, 2.24) is 35.1 Å². The highest BCUT2D eigenvalue weighted by atomic mass is 32.1. The molecule has 2 fully saturated rings. The Kier molecular flexibility index (Phi) is 6.36. The summed E-state index contributed by atoms with van der Waals surface area (Å²) in [6.45, 7) is 5.24. The van der Waals surface area contributed by atoms with Gasteiger partial charge in [0, 0.05) is 31.7 Å². The summed E-state index contributed by atoms with van der Waals surface area (Å²) in [5, 5.41) is 15.3. The fourth-order valence-electron chi connectivity index (χ4n) is 6.24. The van der Waals surface area contributed by atoms with E-state index in [9.17, 15) is 4.79 Å². The van der Waals surface area contributed by atoms with Gasteiger partial charge in [0.15, 0.2) is 11.0 Å². The van der Waals surface area contributed by atoms with E-state index in [-0.39, 0.29) is 17.6 Å². The molecule has 1 aliphatic heterocycles. The summed E-state index contributed by atoms with van der Waals surface area (Å²) < 4.78 is 3.22. The molecule has 0 bridgehead atoms. The molecule has 5 aromatic rings. The van der Waals surface area contributed by atoms with E-state index in [1.807, 2.05) is 35.9 Å². The Hall–Kier alpha value is -3.63. The number of hydrogen-bond acceptors (Lipinski definition) is 8. The zero-order chi connectivity index (χ0) is 26.3. The lowest BCUT2D eigenvalue weighted by molar-refractivity contribution is 0.192. The fraction of sp³-hybridized carbons (Fsp3) is 0.414. The summed E-state index contributed by atoms with van der Waals surface area (Å²) >= 11 is 1.74. The molecule has 1 saturated carbocycles. The smallest absolute Gasteiger partial charge is 0.253 e. The molecule has 2 aliphatic rings. The number of pyridine rings is 1. The van der Waals surface area contributed by atoms with Crippen molar-refractivity contribution < 1.29 is 0 Å². The Morgan fingerprint density at radius 1 is 1.00 bits per heavy atom. The second-order valence-electron chi connectivity index (χ2n) is 10.8. The predicted molar refractivity (Wildman–Crippen MR) is 154 cm³/mol. The predicted octanol–water partition coefficient (Wildman–Crippen LogP) is 4.85. The van der Waals surface area contributed by atoms with Crippen LogP contribution in [0.15, 0.2) is 53.3 Å². The average Bonchev–Trinajstić information content (AvgIpc) is 3.63. The Labute approximate surface area is 230 Å². The van der Waals surface area contributed by atoms with Gasteiger partial charge in [0.1, 0.15) is 6.04 Å². The molecule has 1 saturated heterocycles. The van der Waals surface area contributed by atoms with Crippen LogP contribution < -0.4 is 10.5 Å². The second kappa shape index (κ2) is 10.2. The van der Waals surface area contributed by atoms with Crippen molar-refractivity contribution in [3.05, 3.63) is 75.8 Å². The first-order valence-corrected chi connectivity index (χ1v) is 14.7. The zero-order valence-electron chi connectivity index (χ0n) is 22.1. The van der Waals surface area contributed by atoms with Gasteiger partial charge in [0.2, 0.25) is 0 Å². The van der Waals surface area contributed by atoms with E-state index in [1.54, 1.807) is 11.3 Å². The topological polar surface area (TPSA) is 95.8 Å². The van der Waals surface area contributed by atoms with Crippen LogP contribution in [0.4, 0.5) is 5.13 Å². The SMILES string of the molecule is Cc1cccc2cc(C(c3nnnn3C3CCCCC3)N3CCN(c4nc5ccccc5s4)CC3)c(=O)[nH]c12. The number of rotatable bonds is 5. The van der Waals surface area contributed by atoms with Crippen molar-refractivity contribution in [3.63, 3.8) is 0 Å². The minimum atomic E-state index is -0.326. The van der Waals surface area contributed by atoms with E-state index in [0.717, 1.165) is 72.0 Å². The standard InChI is InChI=1S/C29H32N8OS/c1-19-8-7-9-20-18-22(28(38)31-25(19)20)26(27-32-33-34-37(27)21-10-3-2-4-11-21)35-14-16-36(17-15-35)29-30-23-12-5-6-13-24(23)39-29/h5-9,12-13,18,21,26H,2-4,10-11,14-17H2,1H3,(H,31,38). The molecule has 7 rings (SSSR count). The summed E-state index contributed by atoms with van der Waals surface area (Å²) in [4.78, 5) is 26.5. The number of aryl methyl sites for hydroxylation is 1. The maximum absolute atomic E-state index is 13.7. The molecule has 10 heteroatoms. The minimum Gasteiger partial charge on any atom is -0.345 e. The summed E-state index contributed by atoms with van der Waals surface area (Å²) in [6.07, 6.45) is 5.78. The third kappa shape index (κ3) is 4.51. The number of benzene rings is 2. The minimum absolute atomic E-state index is 0.0754. The van der Waals surface area contributed by atoms with Crippen LogP contribution in [0.25, 0.3) is 21.1 Å². The average molecular weight is 541 g/mol. The number of hydrogen-bond donors (Lipinski definition) is 1. The van der Waals surface area contributed by atoms with E-state index in [1.165, 1.54) is 24.0 Å². The number of aromatic nitrogens is 6. The lowest BCUT2D eigenvalue weighted by Gasteiger charge is -2.39. The van der Waals surface area contributed by atoms with Crippen LogP contribution in [-0.2, 0) is 0 Å². The second-order valence-corrected chi connectivity index (χ2v) is 11.8. The maximum Gasteiger partial charge on any atom is 0.253 e.